The fraction of sp³-hybridized carbons (Fsp3) is 0.423. The number of benzene rings is 2. The number of carboxylic acid groups (broad SMARTS) is 1. The highest BCUT2D eigenvalue weighted by atomic mass is 16.5. The first-order valence-electron chi connectivity index (χ1n) is 11.4. The van der Waals surface area contributed by atoms with E-state index in [1.54, 1.807) is 13.8 Å². The van der Waals surface area contributed by atoms with Crippen molar-refractivity contribution in [2.75, 3.05) is 6.61 Å². The molecule has 2 aromatic rings. The van der Waals surface area contributed by atoms with Crippen molar-refractivity contribution in [3.05, 3.63) is 59.7 Å². The minimum atomic E-state index is -1.22. The Bertz CT molecular complexity index is 976. The van der Waals surface area contributed by atoms with E-state index < -0.39 is 29.6 Å². The van der Waals surface area contributed by atoms with E-state index in [4.69, 9.17) is 9.84 Å². The molecule has 3 N–H and O–H groups in total. The Morgan fingerprint density at radius 2 is 1.61 bits per heavy atom. The molecule has 0 spiro atoms. The maximum atomic E-state index is 12.9. The van der Waals surface area contributed by atoms with Crippen LogP contribution in [0.15, 0.2) is 48.5 Å². The van der Waals surface area contributed by atoms with Crippen LogP contribution in [0, 0.1) is 0 Å². The average molecular weight is 453 g/mol. The number of carbonyl (C=O) groups is 3. The van der Waals surface area contributed by atoms with E-state index in [2.05, 4.69) is 22.8 Å². The van der Waals surface area contributed by atoms with Crippen molar-refractivity contribution >= 4 is 18.0 Å². The predicted octanol–water partition coefficient (Wildman–Crippen LogP) is 4.45. The van der Waals surface area contributed by atoms with Crippen LogP contribution in [0.4, 0.5) is 4.79 Å². The second-order valence-electron chi connectivity index (χ2n) is 8.69. The topological polar surface area (TPSA) is 105 Å². The standard InChI is InChI=1S/C26H32N2O5/c1-4-10-17(15-23(29)30)27-24(31)26(3,5-2)28-25(32)33-16-22-20-13-8-6-11-18(20)19-12-7-9-14-21(19)22/h6-9,11-14,17,22H,4-5,10,15-16H2,1-3H3,(H,27,31)(H,28,32)(H,29,30)/t17-,26?/m0/s1. The number of nitrogens with one attached hydrogen (secondary N) is 2. The zero-order valence-corrected chi connectivity index (χ0v) is 19.4. The number of ether oxygens (including phenoxy) is 1. The van der Waals surface area contributed by atoms with Gasteiger partial charge in [-0.05, 0) is 42.0 Å². The highest BCUT2D eigenvalue weighted by Gasteiger charge is 2.36. The fourth-order valence-electron chi connectivity index (χ4n) is 4.29. The van der Waals surface area contributed by atoms with Gasteiger partial charge < -0.3 is 20.5 Å². The van der Waals surface area contributed by atoms with Gasteiger partial charge in [-0.25, -0.2) is 4.79 Å². The number of aliphatic carboxylic acids is 1. The molecule has 0 fully saturated rings. The van der Waals surface area contributed by atoms with Crippen molar-refractivity contribution in [1.29, 1.82) is 0 Å². The largest absolute Gasteiger partial charge is 0.481 e. The Labute approximate surface area is 194 Å². The van der Waals surface area contributed by atoms with Crippen molar-refractivity contribution in [2.45, 2.75) is 64.0 Å². The number of amides is 2. The number of rotatable bonds is 10. The molecule has 2 amide bonds. The minimum Gasteiger partial charge on any atom is -0.481 e. The number of alkyl carbamates (subject to hydrolysis) is 1. The molecule has 7 heteroatoms. The minimum absolute atomic E-state index is 0.0747. The van der Waals surface area contributed by atoms with Crippen LogP contribution in [0.1, 0.15) is 63.5 Å². The van der Waals surface area contributed by atoms with Gasteiger partial charge >= 0.3 is 12.1 Å². The molecule has 7 nitrogen and oxygen atoms in total. The van der Waals surface area contributed by atoms with E-state index in [9.17, 15) is 14.4 Å². The summed E-state index contributed by atoms with van der Waals surface area (Å²) in [6.45, 7) is 5.48. The highest BCUT2D eigenvalue weighted by molar-refractivity contribution is 5.90. The van der Waals surface area contributed by atoms with Gasteiger partial charge in [-0.15, -0.1) is 0 Å². The van der Waals surface area contributed by atoms with Crippen LogP contribution in [0.2, 0.25) is 0 Å². The zero-order valence-electron chi connectivity index (χ0n) is 19.4. The van der Waals surface area contributed by atoms with E-state index in [1.165, 1.54) is 0 Å². The summed E-state index contributed by atoms with van der Waals surface area (Å²) < 4.78 is 5.58. The lowest BCUT2D eigenvalue weighted by atomic mass is 9.96. The van der Waals surface area contributed by atoms with Crippen LogP contribution in [0.5, 0.6) is 0 Å². The predicted molar refractivity (Wildman–Crippen MR) is 126 cm³/mol. The van der Waals surface area contributed by atoms with Gasteiger partial charge in [0.15, 0.2) is 0 Å². The van der Waals surface area contributed by atoms with E-state index >= 15 is 0 Å². The molecule has 0 bridgehead atoms. The summed E-state index contributed by atoms with van der Waals surface area (Å²) in [5.74, 6) is -1.47. The van der Waals surface area contributed by atoms with Gasteiger partial charge in [0.25, 0.3) is 0 Å². The second-order valence-corrected chi connectivity index (χ2v) is 8.69. The molecule has 0 heterocycles. The molecular weight excluding hydrogens is 420 g/mol. The van der Waals surface area contributed by atoms with Crippen molar-refractivity contribution in [3.63, 3.8) is 0 Å². The smallest absolute Gasteiger partial charge is 0.408 e. The SMILES string of the molecule is CCC[C@@H](CC(=O)O)NC(=O)C(C)(CC)NC(=O)OCC1c2ccccc2-c2ccccc21. The van der Waals surface area contributed by atoms with Crippen LogP contribution in [0.3, 0.4) is 0 Å². The van der Waals surface area contributed by atoms with Gasteiger partial charge in [-0.3, -0.25) is 9.59 Å². The molecular formula is C26H32N2O5. The van der Waals surface area contributed by atoms with Crippen molar-refractivity contribution < 1.29 is 24.2 Å². The molecule has 0 saturated carbocycles. The lowest BCUT2D eigenvalue weighted by Crippen LogP contribution is -2.58. The van der Waals surface area contributed by atoms with E-state index in [1.807, 2.05) is 43.3 Å². The maximum absolute atomic E-state index is 12.9. The van der Waals surface area contributed by atoms with Gasteiger partial charge in [0, 0.05) is 12.0 Å². The first kappa shape index (κ1) is 24.3. The molecule has 0 radical (unpaired) electrons. The Morgan fingerprint density at radius 3 is 2.12 bits per heavy atom. The number of hydrogen-bond donors (Lipinski definition) is 3. The van der Waals surface area contributed by atoms with Crippen LogP contribution >= 0.6 is 0 Å². The third kappa shape index (κ3) is 5.53. The highest BCUT2D eigenvalue weighted by Crippen LogP contribution is 2.44. The average Bonchev–Trinajstić information content (AvgIpc) is 3.11. The van der Waals surface area contributed by atoms with Crippen LogP contribution in [-0.4, -0.2) is 41.3 Å². The summed E-state index contributed by atoms with van der Waals surface area (Å²) in [6.07, 6.45) is 0.768. The summed E-state index contributed by atoms with van der Waals surface area (Å²) in [4.78, 5) is 36.7. The van der Waals surface area contributed by atoms with E-state index in [0.717, 1.165) is 28.7 Å². The molecule has 0 saturated heterocycles. The lowest BCUT2D eigenvalue weighted by molar-refractivity contribution is -0.138. The van der Waals surface area contributed by atoms with Crippen LogP contribution in [0.25, 0.3) is 11.1 Å². The first-order chi connectivity index (χ1) is 15.8. The Hall–Kier alpha value is -3.35. The summed E-state index contributed by atoms with van der Waals surface area (Å²) in [5.41, 5.74) is 3.28. The number of carboxylic acids is 1. The van der Waals surface area contributed by atoms with Gasteiger partial charge in [0.1, 0.15) is 12.1 Å². The number of fused-ring (bicyclic) bond motifs is 3. The maximum Gasteiger partial charge on any atom is 0.408 e. The number of carbonyl (C=O) groups excluding carboxylic acids is 2. The molecule has 176 valence electrons. The van der Waals surface area contributed by atoms with Crippen molar-refractivity contribution in [2.24, 2.45) is 0 Å². The Kier molecular flexibility index (Phi) is 7.74. The van der Waals surface area contributed by atoms with E-state index in [0.29, 0.717) is 12.8 Å². The third-order valence-electron chi connectivity index (χ3n) is 6.32. The molecule has 0 aromatic heterocycles. The first-order valence-corrected chi connectivity index (χ1v) is 11.4. The molecule has 2 aromatic carbocycles. The summed E-state index contributed by atoms with van der Waals surface area (Å²) in [7, 11) is 0. The van der Waals surface area contributed by atoms with Crippen molar-refractivity contribution in [1.82, 2.24) is 10.6 Å². The fourth-order valence-corrected chi connectivity index (χ4v) is 4.29. The normalized spacial score (nSPS) is 15.0. The monoisotopic (exact) mass is 452 g/mol. The van der Waals surface area contributed by atoms with Crippen LogP contribution < -0.4 is 10.6 Å². The molecule has 1 aliphatic carbocycles. The lowest BCUT2D eigenvalue weighted by Gasteiger charge is -2.30. The Balaban J connectivity index is 1.65. The zero-order chi connectivity index (χ0) is 24.0. The van der Waals surface area contributed by atoms with E-state index in [-0.39, 0.29) is 18.9 Å². The van der Waals surface area contributed by atoms with Crippen molar-refractivity contribution in [3.8, 4) is 11.1 Å². The van der Waals surface area contributed by atoms with Gasteiger partial charge in [-0.2, -0.15) is 0 Å². The second kappa shape index (κ2) is 10.5. The molecule has 1 unspecified atom stereocenters. The molecule has 3 rings (SSSR count). The number of hydrogen-bond acceptors (Lipinski definition) is 4. The molecule has 2 atom stereocenters. The molecule has 0 aliphatic heterocycles. The molecule has 1 aliphatic rings. The quantitative estimate of drug-likeness (QED) is 0.494. The van der Waals surface area contributed by atoms with Gasteiger partial charge in [0.2, 0.25) is 5.91 Å². The molecule has 33 heavy (non-hydrogen) atoms. The van der Waals surface area contributed by atoms with Gasteiger partial charge in [-0.1, -0.05) is 68.8 Å². The summed E-state index contributed by atoms with van der Waals surface area (Å²) in [6, 6.07) is 15.7. The summed E-state index contributed by atoms with van der Waals surface area (Å²) in [5, 5.41) is 14.6. The summed E-state index contributed by atoms with van der Waals surface area (Å²) >= 11 is 0. The Morgan fingerprint density at radius 1 is 1.03 bits per heavy atom. The van der Waals surface area contributed by atoms with Crippen LogP contribution in [-0.2, 0) is 14.3 Å². The third-order valence-corrected chi connectivity index (χ3v) is 6.32. The van der Waals surface area contributed by atoms with Gasteiger partial charge in [0.05, 0.1) is 6.42 Å².